The molecule has 4 nitrogen and oxygen atoms in total. The summed E-state index contributed by atoms with van der Waals surface area (Å²) in [5.41, 5.74) is 5.73. The van der Waals surface area contributed by atoms with Crippen LogP contribution in [0.2, 0.25) is 0 Å². The van der Waals surface area contributed by atoms with Gasteiger partial charge < -0.3 is 10.1 Å². The van der Waals surface area contributed by atoms with Crippen molar-refractivity contribution in [3.63, 3.8) is 0 Å². The molecule has 26 heavy (non-hydrogen) atoms. The van der Waals surface area contributed by atoms with Gasteiger partial charge in [-0.1, -0.05) is 29.8 Å². The molecule has 3 aromatic carbocycles. The predicted molar refractivity (Wildman–Crippen MR) is 106 cm³/mol. The van der Waals surface area contributed by atoms with Gasteiger partial charge in [0.2, 0.25) is 0 Å². The first-order valence-corrected chi connectivity index (χ1v) is 8.48. The van der Waals surface area contributed by atoms with Crippen LogP contribution in [0.25, 0.3) is 22.3 Å². The van der Waals surface area contributed by atoms with E-state index < -0.39 is 0 Å². The Morgan fingerprint density at radius 3 is 2.08 bits per heavy atom. The molecule has 0 spiro atoms. The Balaban J connectivity index is 1.83. The van der Waals surface area contributed by atoms with Crippen LogP contribution in [0.15, 0.2) is 72.8 Å². The van der Waals surface area contributed by atoms with E-state index in [9.17, 15) is 0 Å². The Labute approximate surface area is 152 Å². The summed E-state index contributed by atoms with van der Waals surface area (Å²) in [6.07, 6.45) is 0. The van der Waals surface area contributed by atoms with Crippen LogP contribution in [-0.4, -0.2) is 17.1 Å². The minimum absolute atomic E-state index is 0.734. The van der Waals surface area contributed by atoms with Crippen LogP contribution in [-0.2, 0) is 0 Å². The van der Waals surface area contributed by atoms with Crippen molar-refractivity contribution in [1.29, 1.82) is 0 Å². The van der Waals surface area contributed by atoms with Crippen LogP contribution in [0.4, 0.5) is 11.5 Å². The van der Waals surface area contributed by atoms with Gasteiger partial charge in [0.15, 0.2) is 5.82 Å². The lowest BCUT2D eigenvalue weighted by molar-refractivity contribution is 0.415. The topological polar surface area (TPSA) is 47.0 Å². The van der Waals surface area contributed by atoms with Gasteiger partial charge in [0.1, 0.15) is 11.4 Å². The van der Waals surface area contributed by atoms with Crippen molar-refractivity contribution >= 4 is 22.5 Å². The first-order chi connectivity index (χ1) is 12.7. The van der Waals surface area contributed by atoms with E-state index in [0.717, 1.165) is 39.5 Å². The summed E-state index contributed by atoms with van der Waals surface area (Å²) in [5.74, 6) is 1.55. The number of anilines is 2. The zero-order valence-corrected chi connectivity index (χ0v) is 14.7. The van der Waals surface area contributed by atoms with Crippen LogP contribution in [0, 0.1) is 6.92 Å². The van der Waals surface area contributed by atoms with Crippen molar-refractivity contribution in [2.45, 2.75) is 6.92 Å². The van der Waals surface area contributed by atoms with Crippen molar-refractivity contribution in [2.75, 3.05) is 12.4 Å². The maximum atomic E-state index is 5.26. The molecular weight excluding hydrogens is 322 g/mol. The number of rotatable bonds is 4. The number of aromatic nitrogens is 2. The van der Waals surface area contributed by atoms with Gasteiger partial charge in [-0.15, -0.1) is 0 Å². The molecule has 1 heterocycles. The third-order valence-electron chi connectivity index (χ3n) is 4.25. The molecule has 0 aliphatic rings. The van der Waals surface area contributed by atoms with E-state index in [2.05, 4.69) is 24.4 Å². The second kappa shape index (κ2) is 6.84. The number of nitrogens with zero attached hydrogens (tertiary/aromatic N) is 2. The fourth-order valence-electron chi connectivity index (χ4n) is 2.81. The van der Waals surface area contributed by atoms with Crippen LogP contribution in [0.3, 0.4) is 0 Å². The van der Waals surface area contributed by atoms with Crippen LogP contribution in [0.1, 0.15) is 5.56 Å². The fourth-order valence-corrected chi connectivity index (χ4v) is 2.81. The second-order valence-electron chi connectivity index (χ2n) is 6.13. The first kappa shape index (κ1) is 16.1. The zero-order valence-electron chi connectivity index (χ0n) is 14.7. The van der Waals surface area contributed by atoms with Crippen molar-refractivity contribution in [3.05, 3.63) is 78.4 Å². The highest BCUT2D eigenvalue weighted by molar-refractivity contribution is 5.84. The van der Waals surface area contributed by atoms with Gasteiger partial charge in [0.05, 0.1) is 18.1 Å². The minimum Gasteiger partial charge on any atom is -0.497 e. The third-order valence-corrected chi connectivity index (χ3v) is 4.25. The molecule has 0 aliphatic carbocycles. The number of methoxy groups -OCH3 is 1. The minimum atomic E-state index is 0.734. The van der Waals surface area contributed by atoms with E-state index in [4.69, 9.17) is 14.7 Å². The quantitative estimate of drug-likeness (QED) is 0.543. The van der Waals surface area contributed by atoms with E-state index in [0.29, 0.717) is 0 Å². The third kappa shape index (κ3) is 3.22. The summed E-state index contributed by atoms with van der Waals surface area (Å²) in [4.78, 5) is 9.66. The van der Waals surface area contributed by atoms with Gasteiger partial charge in [-0.25, -0.2) is 9.97 Å². The van der Waals surface area contributed by atoms with Gasteiger partial charge in [0, 0.05) is 11.3 Å². The summed E-state index contributed by atoms with van der Waals surface area (Å²) < 4.78 is 5.26. The maximum absolute atomic E-state index is 5.26. The Bertz CT molecular complexity index is 1040. The van der Waals surface area contributed by atoms with Gasteiger partial charge in [0.25, 0.3) is 0 Å². The average Bonchev–Trinajstić information content (AvgIpc) is 2.69. The molecule has 4 heteroatoms. The van der Waals surface area contributed by atoms with Crippen molar-refractivity contribution < 1.29 is 4.74 Å². The summed E-state index contributed by atoms with van der Waals surface area (Å²) in [6, 6.07) is 24.0. The van der Waals surface area contributed by atoms with Crippen LogP contribution < -0.4 is 10.1 Å². The van der Waals surface area contributed by atoms with Crippen LogP contribution >= 0.6 is 0 Å². The lowest BCUT2D eigenvalue weighted by Gasteiger charge is -2.13. The number of fused-ring (bicyclic) bond motifs is 1. The molecule has 0 bridgehead atoms. The molecule has 0 saturated heterocycles. The molecular formula is C22H19N3O. The van der Waals surface area contributed by atoms with Gasteiger partial charge in [-0.05, 0) is 55.5 Å². The van der Waals surface area contributed by atoms with E-state index >= 15 is 0 Å². The van der Waals surface area contributed by atoms with Gasteiger partial charge >= 0.3 is 0 Å². The fraction of sp³-hybridized carbons (Fsp3) is 0.0909. The summed E-state index contributed by atoms with van der Waals surface area (Å²) >= 11 is 0. The standard InChI is InChI=1S/C22H19N3O/c1-15-7-11-17(12-8-15)23-22-21(16-9-13-18(26-2)14-10-16)24-19-5-3-4-6-20(19)25-22/h3-14H,1-2H3,(H,23,25). The summed E-state index contributed by atoms with van der Waals surface area (Å²) in [5, 5.41) is 3.41. The highest BCUT2D eigenvalue weighted by Crippen LogP contribution is 2.30. The van der Waals surface area contributed by atoms with E-state index in [1.807, 2.05) is 60.7 Å². The Morgan fingerprint density at radius 2 is 1.42 bits per heavy atom. The van der Waals surface area contributed by atoms with Gasteiger partial charge in [-0.2, -0.15) is 0 Å². The van der Waals surface area contributed by atoms with Crippen molar-refractivity contribution in [2.24, 2.45) is 0 Å². The molecule has 0 saturated carbocycles. The highest BCUT2D eigenvalue weighted by atomic mass is 16.5. The van der Waals surface area contributed by atoms with E-state index in [-0.39, 0.29) is 0 Å². The molecule has 128 valence electrons. The number of aryl methyl sites for hydroxylation is 1. The number of ether oxygens (including phenoxy) is 1. The molecule has 0 amide bonds. The number of hydrogen-bond acceptors (Lipinski definition) is 4. The Kier molecular flexibility index (Phi) is 4.23. The normalized spacial score (nSPS) is 10.7. The average molecular weight is 341 g/mol. The van der Waals surface area contributed by atoms with Crippen molar-refractivity contribution in [3.8, 4) is 17.0 Å². The molecule has 4 aromatic rings. The van der Waals surface area contributed by atoms with Crippen LogP contribution in [0.5, 0.6) is 5.75 Å². The predicted octanol–water partition coefficient (Wildman–Crippen LogP) is 5.36. The molecule has 1 N–H and O–H groups in total. The van der Waals surface area contributed by atoms with Gasteiger partial charge in [-0.3, -0.25) is 0 Å². The second-order valence-corrected chi connectivity index (χ2v) is 6.13. The molecule has 0 radical (unpaired) electrons. The number of benzene rings is 3. The Hall–Kier alpha value is -3.40. The summed E-state index contributed by atoms with van der Waals surface area (Å²) in [6.45, 7) is 2.07. The zero-order chi connectivity index (χ0) is 17.9. The number of para-hydroxylation sites is 2. The largest absolute Gasteiger partial charge is 0.497 e. The molecule has 0 unspecified atom stereocenters. The number of nitrogens with one attached hydrogen (secondary N) is 1. The van der Waals surface area contributed by atoms with E-state index in [1.54, 1.807) is 7.11 Å². The Morgan fingerprint density at radius 1 is 0.769 bits per heavy atom. The monoisotopic (exact) mass is 341 g/mol. The maximum Gasteiger partial charge on any atom is 0.157 e. The molecule has 0 atom stereocenters. The molecule has 4 rings (SSSR count). The molecule has 0 fully saturated rings. The molecule has 0 aliphatic heterocycles. The lowest BCUT2D eigenvalue weighted by atomic mass is 10.1. The highest BCUT2D eigenvalue weighted by Gasteiger charge is 2.12. The SMILES string of the molecule is COc1ccc(-c2nc3ccccc3nc2Nc2ccc(C)cc2)cc1. The van der Waals surface area contributed by atoms with E-state index in [1.165, 1.54) is 5.56 Å². The first-order valence-electron chi connectivity index (χ1n) is 8.48. The smallest absolute Gasteiger partial charge is 0.157 e. The lowest BCUT2D eigenvalue weighted by Crippen LogP contribution is -2.00. The molecule has 1 aromatic heterocycles. The number of hydrogen-bond donors (Lipinski definition) is 1. The summed E-state index contributed by atoms with van der Waals surface area (Å²) in [7, 11) is 1.66. The van der Waals surface area contributed by atoms with Crippen molar-refractivity contribution in [1.82, 2.24) is 9.97 Å².